The van der Waals surface area contributed by atoms with Crippen LogP contribution in [0.2, 0.25) is 0 Å². The molecule has 0 saturated carbocycles. The van der Waals surface area contributed by atoms with E-state index in [0.29, 0.717) is 5.69 Å². The molecule has 3 N–H and O–H groups in total. The van der Waals surface area contributed by atoms with Crippen LogP contribution in [-0.4, -0.2) is 10.9 Å². The number of rotatable bonds is 3. The van der Waals surface area contributed by atoms with Gasteiger partial charge in [0, 0.05) is 10.9 Å². The number of alkyl halides is 3. The molecule has 25 heavy (non-hydrogen) atoms. The van der Waals surface area contributed by atoms with Gasteiger partial charge in [-0.3, -0.25) is 15.6 Å². The molecule has 4 nitrogen and oxygen atoms in total. The number of aromatic nitrogens is 1. The van der Waals surface area contributed by atoms with Crippen LogP contribution in [0.1, 0.15) is 27.2 Å². The topological polar surface area (TPSA) is 56.9 Å². The lowest BCUT2D eigenvalue weighted by molar-refractivity contribution is -0.137. The quantitative estimate of drug-likeness (QED) is 0.608. The van der Waals surface area contributed by atoms with Gasteiger partial charge in [-0.05, 0) is 55.3 Å². The maximum Gasteiger partial charge on any atom is 0.416 e. The van der Waals surface area contributed by atoms with Crippen molar-refractivity contribution in [1.29, 1.82) is 0 Å². The van der Waals surface area contributed by atoms with E-state index >= 15 is 0 Å². The van der Waals surface area contributed by atoms with E-state index in [1.165, 1.54) is 12.1 Å². The van der Waals surface area contributed by atoms with Gasteiger partial charge < -0.3 is 4.98 Å². The molecular weight excluding hydrogens is 331 g/mol. The average molecular weight is 347 g/mol. The van der Waals surface area contributed by atoms with Crippen LogP contribution in [0.15, 0.2) is 42.5 Å². The van der Waals surface area contributed by atoms with E-state index in [4.69, 9.17) is 0 Å². The van der Waals surface area contributed by atoms with Gasteiger partial charge in [-0.2, -0.15) is 13.2 Å². The van der Waals surface area contributed by atoms with Gasteiger partial charge in [0.15, 0.2) is 0 Å². The van der Waals surface area contributed by atoms with Crippen LogP contribution >= 0.6 is 0 Å². The number of fused-ring (bicyclic) bond motifs is 1. The second-order valence-electron chi connectivity index (χ2n) is 5.88. The summed E-state index contributed by atoms with van der Waals surface area (Å²) in [5, 5.41) is 0.926. The van der Waals surface area contributed by atoms with Crippen LogP contribution in [0.3, 0.4) is 0 Å². The largest absolute Gasteiger partial charge is 0.416 e. The van der Waals surface area contributed by atoms with Crippen molar-refractivity contribution in [2.24, 2.45) is 0 Å². The van der Waals surface area contributed by atoms with Crippen LogP contribution < -0.4 is 10.9 Å². The second-order valence-corrected chi connectivity index (χ2v) is 5.88. The number of halogens is 3. The third kappa shape index (κ3) is 3.60. The SMILES string of the molecule is Cc1cc(C)c2cc(C(=O)NNc3cccc(C(F)(F)F)c3)[nH]c2c1. The molecule has 0 fully saturated rings. The summed E-state index contributed by atoms with van der Waals surface area (Å²) in [5.74, 6) is -0.467. The van der Waals surface area contributed by atoms with Crippen LogP contribution in [-0.2, 0) is 6.18 Å². The van der Waals surface area contributed by atoms with Gasteiger partial charge in [0.2, 0.25) is 0 Å². The third-order valence-corrected chi connectivity index (χ3v) is 3.84. The average Bonchev–Trinajstić information content (AvgIpc) is 2.96. The van der Waals surface area contributed by atoms with E-state index < -0.39 is 17.6 Å². The van der Waals surface area contributed by atoms with Crippen molar-refractivity contribution in [1.82, 2.24) is 10.4 Å². The number of carbonyl (C=O) groups is 1. The third-order valence-electron chi connectivity index (χ3n) is 3.84. The molecule has 0 bridgehead atoms. The standard InChI is InChI=1S/C18H16F3N3O/c1-10-6-11(2)14-9-16(22-15(14)7-10)17(25)24-23-13-5-3-4-12(8-13)18(19,20)21/h3-9,22-23H,1-2H3,(H,24,25). The molecule has 1 amide bonds. The van der Waals surface area contributed by atoms with Gasteiger partial charge in [0.25, 0.3) is 5.91 Å². The number of benzene rings is 2. The Morgan fingerprint density at radius 2 is 1.84 bits per heavy atom. The van der Waals surface area contributed by atoms with E-state index in [1.54, 1.807) is 6.07 Å². The Hall–Kier alpha value is -2.96. The zero-order valence-electron chi connectivity index (χ0n) is 13.6. The summed E-state index contributed by atoms with van der Waals surface area (Å²) < 4.78 is 38.1. The summed E-state index contributed by atoms with van der Waals surface area (Å²) in [5.41, 5.74) is 7.53. The van der Waals surface area contributed by atoms with Gasteiger partial charge in [-0.25, -0.2) is 0 Å². The van der Waals surface area contributed by atoms with Gasteiger partial charge in [0.05, 0.1) is 11.3 Å². The molecule has 1 heterocycles. The fourth-order valence-electron chi connectivity index (χ4n) is 2.69. The molecule has 7 heteroatoms. The first-order chi connectivity index (χ1) is 11.7. The highest BCUT2D eigenvalue weighted by molar-refractivity contribution is 5.99. The first-order valence-electron chi connectivity index (χ1n) is 7.57. The number of aryl methyl sites for hydroxylation is 2. The highest BCUT2D eigenvalue weighted by Crippen LogP contribution is 2.30. The summed E-state index contributed by atoms with van der Waals surface area (Å²) >= 11 is 0. The summed E-state index contributed by atoms with van der Waals surface area (Å²) in [7, 11) is 0. The Bertz CT molecular complexity index is 944. The number of hydrogen-bond donors (Lipinski definition) is 3. The summed E-state index contributed by atoms with van der Waals surface area (Å²) in [6.07, 6.45) is -4.44. The zero-order valence-corrected chi connectivity index (χ0v) is 13.6. The van der Waals surface area contributed by atoms with Gasteiger partial charge in [-0.15, -0.1) is 0 Å². The first kappa shape index (κ1) is 16.9. The number of nitrogens with one attached hydrogen (secondary N) is 3. The number of hydrazine groups is 1. The normalized spacial score (nSPS) is 11.6. The highest BCUT2D eigenvalue weighted by Gasteiger charge is 2.30. The molecule has 3 aromatic rings. The number of anilines is 1. The van der Waals surface area contributed by atoms with Gasteiger partial charge >= 0.3 is 6.18 Å². The maximum absolute atomic E-state index is 12.7. The molecule has 0 aliphatic carbocycles. The molecule has 0 aliphatic rings. The Balaban J connectivity index is 1.76. The van der Waals surface area contributed by atoms with E-state index in [9.17, 15) is 18.0 Å². The Morgan fingerprint density at radius 3 is 2.56 bits per heavy atom. The number of aromatic amines is 1. The monoisotopic (exact) mass is 347 g/mol. The highest BCUT2D eigenvalue weighted by atomic mass is 19.4. The molecule has 0 unspecified atom stereocenters. The predicted octanol–water partition coefficient (Wildman–Crippen LogP) is 4.56. The van der Waals surface area contributed by atoms with E-state index in [-0.39, 0.29) is 5.69 Å². The van der Waals surface area contributed by atoms with Crippen molar-refractivity contribution < 1.29 is 18.0 Å². The van der Waals surface area contributed by atoms with Crippen LogP contribution in [0.25, 0.3) is 10.9 Å². The molecule has 3 rings (SSSR count). The minimum absolute atomic E-state index is 0.145. The van der Waals surface area contributed by atoms with Gasteiger partial charge in [-0.1, -0.05) is 12.1 Å². The smallest absolute Gasteiger partial charge is 0.350 e. The molecule has 1 aromatic heterocycles. The molecule has 0 aliphatic heterocycles. The van der Waals surface area contributed by atoms with Crippen molar-refractivity contribution in [2.75, 3.05) is 5.43 Å². The number of H-pyrrole nitrogens is 1. The minimum atomic E-state index is -4.44. The molecule has 0 atom stereocenters. The van der Waals surface area contributed by atoms with Crippen molar-refractivity contribution in [3.8, 4) is 0 Å². The number of hydrogen-bond acceptors (Lipinski definition) is 2. The summed E-state index contributed by atoms with van der Waals surface area (Å²) in [4.78, 5) is 15.3. The minimum Gasteiger partial charge on any atom is -0.350 e. The van der Waals surface area contributed by atoms with Crippen molar-refractivity contribution in [3.05, 3.63) is 64.8 Å². The molecule has 0 radical (unpaired) electrons. The zero-order chi connectivity index (χ0) is 18.2. The fourth-order valence-corrected chi connectivity index (χ4v) is 2.69. The predicted molar refractivity (Wildman–Crippen MR) is 90.3 cm³/mol. The van der Waals surface area contributed by atoms with Crippen molar-refractivity contribution in [2.45, 2.75) is 20.0 Å². The molecular formula is C18H16F3N3O. The molecule has 0 spiro atoms. The van der Waals surface area contributed by atoms with E-state index in [2.05, 4.69) is 15.8 Å². The van der Waals surface area contributed by atoms with Crippen molar-refractivity contribution in [3.63, 3.8) is 0 Å². The van der Waals surface area contributed by atoms with Crippen LogP contribution in [0, 0.1) is 13.8 Å². The fraction of sp³-hybridized carbons (Fsp3) is 0.167. The Kier molecular flexibility index (Phi) is 4.16. The molecule has 0 saturated heterocycles. The van der Waals surface area contributed by atoms with Gasteiger partial charge in [0.1, 0.15) is 5.69 Å². The second kappa shape index (κ2) is 6.16. The maximum atomic E-state index is 12.7. The molecule has 130 valence electrons. The van der Waals surface area contributed by atoms with E-state index in [1.807, 2.05) is 26.0 Å². The first-order valence-corrected chi connectivity index (χ1v) is 7.57. The Morgan fingerprint density at radius 1 is 1.08 bits per heavy atom. The van der Waals surface area contributed by atoms with Crippen LogP contribution in [0.4, 0.5) is 18.9 Å². The summed E-state index contributed by atoms with van der Waals surface area (Å²) in [6, 6.07) is 10.3. The lowest BCUT2D eigenvalue weighted by atomic mass is 10.1. The lowest BCUT2D eigenvalue weighted by Gasteiger charge is -2.11. The van der Waals surface area contributed by atoms with Crippen molar-refractivity contribution >= 4 is 22.5 Å². The number of amides is 1. The summed E-state index contributed by atoms with van der Waals surface area (Å²) in [6.45, 7) is 3.91. The van der Waals surface area contributed by atoms with Crippen LogP contribution in [0.5, 0.6) is 0 Å². The molecule has 2 aromatic carbocycles. The lowest BCUT2D eigenvalue weighted by Crippen LogP contribution is -2.29. The number of carbonyl (C=O) groups excluding carboxylic acids is 1. The van der Waals surface area contributed by atoms with E-state index in [0.717, 1.165) is 34.2 Å². The Labute approximate surface area is 142 Å².